The first-order valence-corrected chi connectivity index (χ1v) is 11.0. The van der Waals surface area contributed by atoms with E-state index in [2.05, 4.69) is 26.4 Å². The van der Waals surface area contributed by atoms with E-state index in [0.717, 1.165) is 34.2 Å². The Labute approximate surface area is 179 Å². The Balaban J connectivity index is 1.62. The summed E-state index contributed by atoms with van der Waals surface area (Å²) in [5.74, 6) is 1.80. The van der Waals surface area contributed by atoms with Crippen LogP contribution in [0.5, 0.6) is 0 Å². The zero-order valence-corrected chi connectivity index (χ0v) is 18.0. The molecule has 2 aromatic heterocycles. The van der Waals surface area contributed by atoms with Crippen LogP contribution in [0.2, 0.25) is 0 Å². The van der Waals surface area contributed by atoms with Crippen molar-refractivity contribution in [3.63, 3.8) is 0 Å². The molecule has 0 spiro atoms. The lowest BCUT2D eigenvalue weighted by Gasteiger charge is -2.23. The van der Waals surface area contributed by atoms with Crippen molar-refractivity contribution >= 4 is 34.0 Å². The standard InChI is InChI=1S/C22H25N5O2S/c1-3-27-18-7-6-16(19(29)8-5-15(2)28)13-17(18)25-20(27)14-26-11-4-9-23-21(26)22-24-10-12-30-22/h4,6-7,10-13,15,28H,3,5,8-9,14H2,1-2H3. The highest BCUT2D eigenvalue weighted by molar-refractivity contribution is 7.11. The third kappa shape index (κ3) is 4.20. The average Bonchev–Trinajstić information content (AvgIpc) is 3.39. The van der Waals surface area contributed by atoms with E-state index >= 15 is 0 Å². The summed E-state index contributed by atoms with van der Waals surface area (Å²) in [5.41, 5.74) is 2.45. The molecule has 3 heterocycles. The Hall–Kier alpha value is -2.84. The summed E-state index contributed by atoms with van der Waals surface area (Å²) in [6, 6.07) is 5.68. The molecule has 7 nitrogen and oxygen atoms in total. The van der Waals surface area contributed by atoms with E-state index in [-0.39, 0.29) is 5.78 Å². The van der Waals surface area contributed by atoms with Crippen LogP contribution < -0.4 is 0 Å². The van der Waals surface area contributed by atoms with Gasteiger partial charge in [-0.2, -0.15) is 0 Å². The molecule has 4 rings (SSSR count). The normalized spacial score (nSPS) is 14.9. The van der Waals surface area contributed by atoms with Gasteiger partial charge in [0.1, 0.15) is 5.82 Å². The number of thiazole rings is 1. The zero-order valence-electron chi connectivity index (χ0n) is 17.2. The number of aryl methyl sites for hydroxylation is 1. The molecule has 8 heteroatoms. The van der Waals surface area contributed by atoms with Crippen LogP contribution in [0.4, 0.5) is 0 Å². The Kier molecular flexibility index (Phi) is 6.06. The predicted octanol–water partition coefficient (Wildman–Crippen LogP) is 3.63. The Morgan fingerprint density at radius 3 is 2.97 bits per heavy atom. The van der Waals surface area contributed by atoms with E-state index in [0.29, 0.717) is 31.5 Å². The van der Waals surface area contributed by atoms with Gasteiger partial charge in [0, 0.05) is 36.3 Å². The quantitative estimate of drug-likeness (QED) is 0.560. The molecule has 1 N–H and O–H groups in total. The van der Waals surface area contributed by atoms with Crippen molar-refractivity contribution in [3.05, 3.63) is 58.4 Å². The third-order valence-electron chi connectivity index (χ3n) is 5.09. The van der Waals surface area contributed by atoms with Crippen LogP contribution in [0.3, 0.4) is 0 Å². The lowest BCUT2D eigenvalue weighted by molar-refractivity contribution is 0.0949. The van der Waals surface area contributed by atoms with Crippen molar-refractivity contribution < 1.29 is 9.90 Å². The highest BCUT2D eigenvalue weighted by Gasteiger charge is 2.20. The molecular weight excluding hydrogens is 398 g/mol. The van der Waals surface area contributed by atoms with Crippen LogP contribution in [-0.2, 0) is 13.1 Å². The number of fused-ring (bicyclic) bond motifs is 1. The number of benzene rings is 1. The van der Waals surface area contributed by atoms with E-state index in [1.165, 1.54) is 0 Å². The summed E-state index contributed by atoms with van der Waals surface area (Å²) in [4.78, 5) is 28.4. The largest absolute Gasteiger partial charge is 0.393 e. The summed E-state index contributed by atoms with van der Waals surface area (Å²) in [6.07, 6.45) is 6.16. The van der Waals surface area contributed by atoms with Crippen molar-refractivity contribution in [2.24, 2.45) is 4.99 Å². The van der Waals surface area contributed by atoms with Gasteiger partial charge in [0.15, 0.2) is 16.6 Å². The smallest absolute Gasteiger partial charge is 0.165 e. The number of aliphatic hydroxyl groups is 1. The Morgan fingerprint density at radius 1 is 1.37 bits per heavy atom. The molecule has 1 atom stereocenters. The molecule has 3 aromatic rings. The molecule has 1 aromatic carbocycles. The number of aliphatic imine (C=N–C) groups is 1. The first kappa shape index (κ1) is 20.4. The maximum atomic E-state index is 12.5. The molecule has 1 aliphatic heterocycles. The van der Waals surface area contributed by atoms with E-state index in [1.807, 2.05) is 35.9 Å². The second kappa shape index (κ2) is 8.89. The number of imidazole rings is 1. The predicted molar refractivity (Wildman–Crippen MR) is 119 cm³/mol. The lowest BCUT2D eigenvalue weighted by Crippen LogP contribution is -2.29. The number of carbonyl (C=O) groups excluding carboxylic acids is 1. The molecule has 1 aliphatic rings. The molecule has 0 saturated heterocycles. The van der Waals surface area contributed by atoms with Gasteiger partial charge in [0.05, 0.1) is 30.2 Å². The Morgan fingerprint density at radius 2 is 2.23 bits per heavy atom. The van der Waals surface area contributed by atoms with Gasteiger partial charge in [-0.15, -0.1) is 11.3 Å². The molecule has 0 aliphatic carbocycles. The number of hydrogen-bond acceptors (Lipinski definition) is 7. The van der Waals surface area contributed by atoms with Crippen LogP contribution in [0, 0.1) is 0 Å². The number of amidine groups is 1. The van der Waals surface area contributed by atoms with E-state index < -0.39 is 6.10 Å². The van der Waals surface area contributed by atoms with Gasteiger partial charge in [0.2, 0.25) is 0 Å². The second-order valence-electron chi connectivity index (χ2n) is 7.30. The third-order valence-corrected chi connectivity index (χ3v) is 5.86. The monoisotopic (exact) mass is 423 g/mol. The lowest BCUT2D eigenvalue weighted by atomic mass is 10.0. The van der Waals surface area contributed by atoms with Crippen LogP contribution >= 0.6 is 11.3 Å². The number of carbonyl (C=O) groups is 1. The summed E-state index contributed by atoms with van der Waals surface area (Å²) in [6.45, 7) is 5.79. The van der Waals surface area contributed by atoms with Crippen LogP contribution in [-0.4, -0.2) is 48.8 Å². The molecule has 156 valence electrons. The molecule has 0 amide bonds. The maximum absolute atomic E-state index is 12.5. The minimum absolute atomic E-state index is 0.0301. The number of ketones is 1. The van der Waals surface area contributed by atoms with Gasteiger partial charge >= 0.3 is 0 Å². The minimum Gasteiger partial charge on any atom is -0.393 e. The number of hydrogen-bond donors (Lipinski definition) is 1. The van der Waals surface area contributed by atoms with Crippen molar-refractivity contribution in [2.45, 2.75) is 45.9 Å². The topological polar surface area (TPSA) is 83.6 Å². The fraction of sp³-hybridized carbons (Fsp3) is 0.364. The van der Waals surface area contributed by atoms with E-state index in [1.54, 1.807) is 24.5 Å². The molecule has 0 saturated carbocycles. The Bertz CT molecular complexity index is 1100. The van der Waals surface area contributed by atoms with Crippen LogP contribution in [0.15, 0.2) is 47.0 Å². The van der Waals surface area contributed by atoms with Crippen molar-refractivity contribution in [1.82, 2.24) is 19.4 Å². The van der Waals surface area contributed by atoms with Crippen LogP contribution in [0.1, 0.15) is 47.9 Å². The van der Waals surface area contributed by atoms with Crippen molar-refractivity contribution in [2.75, 3.05) is 6.54 Å². The summed E-state index contributed by atoms with van der Waals surface area (Å²) in [5, 5.41) is 12.3. The fourth-order valence-electron chi connectivity index (χ4n) is 3.59. The highest BCUT2D eigenvalue weighted by Crippen LogP contribution is 2.22. The SMILES string of the molecule is CCn1c(CN2C=CCN=C2c2nccs2)nc2cc(C(=O)CCC(C)O)ccc21. The number of Topliss-reactive ketones (excluding diaryl/α,β-unsaturated/α-hetero) is 1. The minimum atomic E-state index is -0.477. The number of aromatic nitrogens is 3. The maximum Gasteiger partial charge on any atom is 0.165 e. The van der Waals surface area contributed by atoms with Crippen molar-refractivity contribution in [1.29, 1.82) is 0 Å². The van der Waals surface area contributed by atoms with Gasteiger partial charge in [-0.25, -0.2) is 9.97 Å². The van der Waals surface area contributed by atoms with E-state index in [9.17, 15) is 9.90 Å². The molecule has 0 bridgehead atoms. The molecular formula is C22H25N5O2S. The van der Waals surface area contributed by atoms with Crippen molar-refractivity contribution in [3.8, 4) is 0 Å². The van der Waals surface area contributed by atoms with Gasteiger partial charge in [-0.05, 0) is 44.5 Å². The van der Waals surface area contributed by atoms with Gasteiger partial charge in [0.25, 0.3) is 0 Å². The molecule has 1 unspecified atom stereocenters. The summed E-state index contributed by atoms with van der Waals surface area (Å²) < 4.78 is 2.17. The summed E-state index contributed by atoms with van der Waals surface area (Å²) >= 11 is 1.57. The van der Waals surface area contributed by atoms with Gasteiger partial charge in [-0.1, -0.05) is 0 Å². The number of rotatable bonds is 8. The molecule has 30 heavy (non-hydrogen) atoms. The van der Waals surface area contributed by atoms with Gasteiger partial charge in [-0.3, -0.25) is 9.79 Å². The molecule has 0 fully saturated rings. The first-order chi connectivity index (χ1) is 14.6. The molecule has 0 radical (unpaired) electrons. The van der Waals surface area contributed by atoms with Gasteiger partial charge < -0.3 is 14.6 Å². The van der Waals surface area contributed by atoms with E-state index in [4.69, 9.17) is 4.98 Å². The second-order valence-corrected chi connectivity index (χ2v) is 8.20. The summed E-state index contributed by atoms with van der Waals surface area (Å²) in [7, 11) is 0. The number of aliphatic hydroxyl groups excluding tert-OH is 1. The zero-order chi connectivity index (χ0) is 21.1. The van der Waals surface area contributed by atoms with Crippen LogP contribution in [0.25, 0.3) is 11.0 Å². The fourth-order valence-corrected chi connectivity index (χ4v) is 4.25. The average molecular weight is 424 g/mol. The highest BCUT2D eigenvalue weighted by atomic mass is 32.1. The number of nitrogens with zero attached hydrogens (tertiary/aromatic N) is 5. The first-order valence-electron chi connectivity index (χ1n) is 10.1.